The molecule has 2 heterocycles. The molecule has 1 saturated carbocycles. The molecule has 1 aliphatic carbocycles. The molecular formula is C20H21N5O. The van der Waals surface area contributed by atoms with Crippen LogP contribution in [0.25, 0.3) is 5.69 Å². The van der Waals surface area contributed by atoms with E-state index in [4.69, 9.17) is 0 Å². The van der Waals surface area contributed by atoms with E-state index in [1.807, 2.05) is 64.4 Å². The van der Waals surface area contributed by atoms with Crippen molar-refractivity contribution in [2.45, 2.75) is 32.0 Å². The number of aromatic nitrogens is 3. The lowest BCUT2D eigenvalue weighted by Gasteiger charge is -2.22. The first-order valence-corrected chi connectivity index (χ1v) is 8.82. The predicted molar refractivity (Wildman–Crippen MR) is 98.6 cm³/mol. The van der Waals surface area contributed by atoms with Crippen LogP contribution in [0.15, 0.2) is 67.3 Å². The van der Waals surface area contributed by atoms with Gasteiger partial charge in [0, 0.05) is 43.3 Å². The van der Waals surface area contributed by atoms with Crippen molar-refractivity contribution in [1.29, 1.82) is 0 Å². The molecule has 3 aromatic rings. The van der Waals surface area contributed by atoms with E-state index in [0.29, 0.717) is 19.1 Å². The quantitative estimate of drug-likeness (QED) is 0.745. The summed E-state index contributed by atoms with van der Waals surface area (Å²) in [5, 5.41) is 7.39. The van der Waals surface area contributed by atoms with Crippen LogP contribution in [-0.4, -0.2) is 31.7 Å². The van der Waals surface area contributed by atoms with Gasteiger partial charge in [-0.1, -0.05) is 24.3 Å². The summed E-state index contributed by atoms with van der Waals surface area (Å²) < 4.78 is 1.82. The zero-order valence-corrected chi connectivity index (χ0v) is 14.5. The Balaban J connectivity index is 1.37. The van der Waals surface area contributed by atoms with Crippen molar-refractivity contribution in [2.24, 2.45) is 0 Å². The van der Waals surface area contributed by atoms with E-state index in [-0.39, 0.29) is 6.03 Å². The third kappa shape index (κ3) is 3.91. The smallest absolute Gasteiger partial charge is 0.318 e. The summed E-state index contributed by atoms with van der Waals surface area (Å²) in [5.74, 6) is 0. The van der Waals surface area contributed by atoms with Crippen molar-refractivity contribution >= 4 is 6.03 Å². The fourth-order valence-electron chi connectivity index (χ4n) is 2.89. The van der Waals surface area contributed by atoms with Crippen molar-refractivity contribution in [3.05, 3.63) is 78.4 Å². The van der Waals surface area contributed by atoms with Gasteiger partial charge in [0.25, 0.3) is 0 Å². The molecule has 2 aromatic heterocycles. The van der Waals surface area contributed by atoms with E-state index in [2.05, 4.69) is 15.4 Å². The Morgan fingerprint density at radius 3 is 2.69 bits per heavy atom. The van der Waals surface area contributed by atoms with E-state index < -0.39 is 0 Å². The summed E-state index contributed by atoms with van der Waals surface area (Å²) in [6, 6.07) is 14.1. The molecule has 1 aromatic carbocycles. The SMILES string of the molecule is O=C(NCc1cnn(-c2ccccc2)c1)N(Cc1cccnc1)C1CC1. The highest BCUT2D eigenvalue weighted by atomic mass is 16.2. The molecule has 6 nitrogen and oxygen atoms in total. The van der Waals surface area contributed by atoms with Crippen LogP contribution >= 0.6 is 0 Å². The van der Waals surface area contributed by atoms with E-state index in [9.17, 15) is 4.79 Å². The number of amides is 2. The molecule has 0 spiro atoms. The molecule has 6 heteroatoms. The first kappa shape index (κ1) is 16.3. The molecule has 0 saturated heterocycles. The number of carbonyl (C=O) groups is 1. The summed E-state index contributed by atoms with van der Waals surface area (Å²) in [6.45, 7) is 1.05. The summed E-state index contributed by atoms with van der Waals surface area (Å²) >= 11 is 0. The molecule has 4 rings (SSSR count). The molecule has 0 unspecified atom stereocenters. The zero-order valence-electron chi connectivity index (χ0n) is 14.5. The van der Waals surface area contributed by atoms with Gasteiger partial charge in [-0.2, -0.15) is 5.10 Å². The monoisotopic (exact) mass is 347 g/mol. The molecule has 0 radical (unpaired) electrons. The number of para-hydroxylation sites is 1. The Labute approximate surface area is 152 Å². The molecule has 1 N–H and O–H groups in total. The Kier molecular flexibility index (Phi) is 4.64. The summed E-state index contributed by atoms with van der Waals surface area (Å²) in [6.07, 6.45) is 9.43. The van der Waals surface area contributed by atoms with Crippen LogP contribution in [0.5, 0.6) is 0 Å². The maximum atomic E-state index is 12.6. The minimum Gasteiger partial charge on any atom is -0.334 e. The van der Waals surface area contributed by atoms with Gasteiger partial charge in [0.15, 0.2) is 0 Å². The van der Waals surface area contributed by atoms with Crippen LogP contribution in [0.4, 0.5) is 4.79 Å². The normalized spacial score (nSPS) is 13.4. The number of nitrogens with zero attached hydrogens (tertiary/aromatic N) is 4. The van der Waals surface area contributed by atoms with Gasteiger partial charge in [0.2, 0.25) is 0 Å². The second-order valence-corrected chi connectivity index (χ2v) is 6.51. The number of pyridine rings is 1. The van der Waals surface area contributed by atoms with Crippen molar-refractivity contribution < 1.29 is 4.79 Å². The Hall–Kier alpha value is -3.15. The largest absolute Gasteiger partial charge is 0.334 e. The average molecular weight is 347 g/mol. The van der Waals surface area contributed by atoms with Crippen LogP contribution < -0.4 is 5.32 Å². The molecule has 0 atom stereocenters. The Morgan fingerprint density at radius 1 is 1.12 bits per heavy atom. The van der Waals surface area contributed by atoms with Crippen LogP contribution in [0.1, 0.15) is 24.0 Å². The minimum absolute atomic E-state index is 0.0381. The zero-order chi connectivity index (χ0) is 17.8. The lowest BCUT2D eigenvalue weighted by molar-refractivity contribution is 0.191. The molecule has 26 heavy (non-hydrogen) atoms. The highest BCUT2D eigenvalue weighted by Gasteiger charge is 2.32. The third-order valence-electron chi connectivity index (χ3n) is 4.42. The Morgan fingerprint density at radius 2 is 1.96 bits per heavy atom. The fraction of sp³-hybridized carbons (Fsp3) is 0.250. The van der Waals surface area contributed by atoms with Crippen molar-refractivity contribution in [1.82, 2.24) is 25.0 Å². The highest BCUT2D eigenvalue weighted by molar-refractivity contribution is 5.75. The molecule has 132 valence electrons. The van der Waals surface area contributed by atoms with Gasteiger partial charge in [-0.3, -0.25) is 4.98 Å². The van der Waals surface area contributed by atoms with Crippen molar-refractivity contribution in [3.8, 4) is 5.69 Å². The molecule has 1 aliphatic rings. The van der Waals surface area contributed by atoms with Gasteiger partial charge >= 0.3 is 6.03 Å². The topological polar surface area (TPSA) is 63.1 Å². The second-order valence-electron chi connectivity index (χ2n) is 6.51. The minimum atomic E-state index is -0.0381. The van der Waals surface area contributed by atoms with E-state index in [1.165, 1.54) is 0 Å². The standard InChI is InChI=1S/C20H21N5O/c26-20(24(18-8-9-18)14-16-5-4-10-21-11-16)22-12-17-13-23-25(15-17)19-6-2-1-3-7-19/h1-7,10-11,13,15,18H,8-9,12,14H2,(H,22,26). The van der Waals surface area contributed by atoms with Crippen LogP contribution in [0.3, 0.4) is 0 Å². The predicted octanol–water partition coefficient (Wildman–Crippen LogP) is 3.14. The van der Waals surface area contributed by atoms with E-state index in [0.717, 1.165) is 29.7 Å². The molecular weight excluding hydrogens is 326 g/mol. The molecule has 0 bridgehead atoms. The second kappa shape index (κ2) is 7.39. The summed E-state index contributed by atoms with van der Waals surface area (Å²) in [7, 11) is 0. The maximum absolute atomic E-state index is 12.6. The number of nitrogens with one attached hydrogen (secondary N) is 1. The van der Waals surface area contributed by atoms with Gasteiger partial charge in [-0.15, -0.1) is 0 Å². The molecule has 0 aliphatic heterocycles. The molecule has 1 fully saturated rings. The number of hydrogen-bond donors (Lipinski definition) is 1. The van der Waals surface area contributed by atoms with Gasteiger partial charge in [0.1, 0.15) is 0 Å². The number of urea groups is 1. The first-order valence-electron chi connectivity index (χ1n) is 8.82. The van der Waals surface area contributed by atoms with Gasteiger partial charge in [-0.05, 0) is 36.6 Å². The van der Waals surface area contributed by atoms with Crippen LogP contribution in [0, 0.1) is 0 Å². The fourth-order valence-corrected chi connectivity index (χ4v) is 2.89. The average Bonchev–Trinajstić information content (AvgIpc) is 3.42. The lowest BCUT2D eigenvalue weighted by atomic mass is 10.2. The van der Waals surface area contributed by atoms with Gasteiger partial charge in [0.05, 0.1) is 11.9 Å². The van der Waals surface area contributed by atoms with Crippen molar-refractivity contribution in [3.63, 3.8) is 0 Å². The van der Waals surface area contributed by atoms with Gasteiger partial charge < -0.3 is 10.2 Å². The number of hydrogen-bond acceptors (Lipinski definition) is 3. The molecule has 2 amide bonds. The van der Waals surface area contributed by atoms with Crippen LogP contribution in [0.2, 0.25) is 0 Å². The Bertz CT molecular complexity index is 858. The lowest BCUT2D eigenvalue weighted by Crippen LogP contribution is -2.40. The number of benzene rings is 1. The highest BCUT2D eigenvalue weighted by Crippen LogP contribution is 2.28. The summed E-state index contributed by atoms with van der Waals surface area (Å²) in [4.78, 5) is 18.7. The van der Waals surface area contributed by atoms with E-state index >= 15 is 0 Å². The van der Waals surface area contributed by atoms with E-state index in [1.54, 1.807) is 12.4 Å². The van der Waals surface area contributed by atoms with Gasteiger partial charge in [-0.25, -0.2) is 9.48 Å². The maximum Gasteiger partial charge on any atom is 0.318 e. The third-order valence-corrected chi connectivity index (χ3v) is 4.42. The van der Waals surface area contributed by atoms with Crippen LogP contribution in [-0.2, 0) is 13.1 Å². The number of carbonyl (C=O) groups excluding carboxylic acids is 1. The summed E-state index contributed by atoms with van der Waals surface area (Å²) in [5.41, 5.74) is 3.02. The number of rotatable bonds is 6. The first-order chi connectivity index (χ1) is 12.8. The van der Waals surface area contributed by atoms with Crippen molar-refractivity contribution in [2.75, 3.05) is 0 Å².